The molecule has 2 atom stereocenters. The summed E-state index contributed by atoms with van der Waals surface area (Å²) in [5.41, 5.74) is 2.66. The second-order valence-corrected chi connectivity index (χ2v) is 11.2. The molecule has 3 aromatic heterocycles. The molecule has 1 aliphatic carbocycles. The molecule has 0 unspecified atom stereocenters. The Balaban J connectivity index is 1.14. The third-order valence-corrected chi connectivity index (χ3v) is 8.51. The van der Waals surface area contributed by atoms with Gasteiger partial charge in [0.2, 0.25) is 0 Å². The number of nitrogens with zero attached hydrogens (tertiary/aromatic N) is 4. The zero-order valence-electron chi connectivity index (χ0n) is 20.7. The summed E-state index contributed by atoms with van der Waals surface area (Å²) in [5.74, 6) is 2.64. The molecule has 1 aliphatic heterocycles. The van der Waals surface area contributed by atoms with Crippen LogP contribution in [0.1, 0.15) is 43.5 Å². The highest BCUT2D eigenvalue weighted by atomic mass is 32.1. The van der Waals surface area contributed by atoms with E-state index in [0.717, 1.165) is 63.7 Å². The third kappa shape index (κ3) is 5.60. The van der Waals surface area contributed by atoms with E-state index >= 15 is 0 Å². The number of pyridine rings is 2. The Bertz CT molecular complexity index is 1350. The van der Waals surface area contributed by atoms with Crippen molar-refractivity contribution in [1.29, 1.82) is 0 Å². The summed E-state index contributed by atoms with van der Waals surface area (Å²) >= 11 is 1.68. The van der Waals surface area contributed by atoms with Crippen molar-refractivity contribution in [3.8, 4) is 22.8 Å². The first-order chi connectivity index (χ1) is 18.1. The molecule has 2 aliphatic rings. The smallest absolute Gasteiger partial charge is 0.131 e. The molecule has 0 radical (unpaired) electrons. The first kappa shape index (κ1) is 24.2. The van der Waals surface area contributed by atoms with Crippen LogP contribution in [-0.2, 0) is 6.42 Å². The number of rotatable bonds is 6. The fourth-order valence-electron chi connectivity index (χ4n) is 5.32. The zero-order chi connectivity index (χ0) is 25.2. The van der Waals surface area contributed by atoms with Crippen molar-refractivity contribution in [3.63, 3.8) is 0 Å². The minimum atomic E-state index is -0.697. The van der Waals surface area contributed by atoms with Crippen LogP contribution in [0.2, 0.25) is 0 Å². The van der Waals surface area contributed by atoms with Gasteiger partial charge in [-0.1, -0.05) is 12.8 Å². The van der Waals surface area contributed by atoms with Crippen molar-refractivity contribution in [2.24, 2.45) is 5.92 Å². The molecule has 8 heteroatoms. The maximum Gasteiger partial charge on any atom is 0.131 e. The lowest BCUT2D eigenvalue weighted by atomic mass is 9.84. The Morgan fingerprint density at radius 1 is 0.973 bits per heavy atom. The predicted octanol–water partition coefficient (Wildman–Crippen LogP) is 6.58. The number of halogens is 1. The molecule has 192 valence electrons. The first-order valence-corrected chi connectivity index (χ1v) is 14.0. The minimum absolute atomic E-state index is 0.208. The normalized spacial score (nSPS) is 20.9. The van der Waals surface area contributed by atoms with Gasteiger partial charge in [-0.25, -0.2) is 14.4 Å². The number of hydrogen-bond donors (Lipinski definition) is 1. The molecule has 0 spiro atoms. The summed E-state index contributed by atoms with van der Waals surface area (Å²) in [6, 6.07) is 13.7. The Morgan fingerprint density at radius 3 is 2.62 bits per heavy atom. The maximum atomic E-state index is 13.5. The molecular weight excluding hydrogens is 487 g/mol. The van der Waals surface area contributed by atoms with Gasteiger partial charge in [-0.15, -0.1) is 11.3 Å². The van der Waals surface area contributed by atoms with Crippen LogP contribution in [0.25, 0.3) is 21.5 Å². The minimum Gasteiger partial charge on any atom is -0.457 e. The molecule has 2 fully saturated rings. The highest BCUT2D eigenvalue weighted by Gasteiger charge is 2.24. The Kier molecular flexibility index (Phi) is 7.02. The topological polar surface area (TPSA) is 71.4 Å². The Morgan fingerprint density at radius 2 is 1.81 bits per heavy atom. The van der Waals surface area contributed by atoms with E-state index in [9.17, 15) is 9.50 Å². The first-order valence-electron chi connectivity index (χ1n) is 13.2. The van der Waals surface area contributed by atoms with Gasteiger partial charge in [-0.05, 0) is 61.9 Å². The van der Waals surface area contributed by atoms with Crippen molar-refractivity contribution in [2.75, 3.05) is 18.0 Å². The molecule has 6 nitrogen and oxygen atoms in total. The van der Waals surface area contributed by atoms with Crippen LogP contribution in [0, 0.1) is 5.92 Å². The molecule has 1 saturated carbocycles. The fraction of sp³-hybridized carbons (Fsp3) is 0.414. The zero-order valence-corrected chi connectivity index (χ0v) is 21.5. The van der Waals surface area contributed by atoms with Crippen LogP contribution in [0.3, 0.4) is 0 Å². The van der Waals surface area contributed by atoms with Crippen molar-refractivity contribution >= 4 is 27.4 Å². The van der Waals surface area contributed by atoms with Crippen molar-refractivity contribution in [2.45, 2.75) is 57.2 Å². The van der Waals surface area contributed by atoms with Gasteiger partial charge in [0.1, 0.15) is 23.5 Å². The summed E-state index contributed by atoms with van der Waals surface area (Å²) < 4.78 is 20.7. The average molecular weight is 519 g/mol. The number of piperidine rings is 1. The van der Waals surface area contributed by atoms with Crippen molar-refractivity contribution in [3.05, 3.63) is 59.9 Å². The second-order valence-electron chi connectivity index (χ2n) is 10.1. The maximum absolute atomic E-state index is 13.5. The average Bonchev–Trinajstić information content (AvgIpc) is 3.32. The number of anilines is 1. The largest absolute Gasteiger partial charge is 0.457 e. The number of alkyl halides is 1. The summed E-state index contributed by atoms with van der Waals surface area (Å²) in [6.45, 7) is 1.40. The third-order valence-electron chi connectivity index (χ3n) is 7.47. The van der Waals surface area contributed by atoms with Gasteiger partial charge in [0.05, 0.1) is 27.0 Å². The SMILES string of the molecule is O[C@@H]1CCCC[C@H]1Cc1nc2ccc(Oc3ccnc(-c4ccc(N5CCC(F)CC5)nc4)c3)cc2s1. The van der Waals surface area contributed by atoms with Gasteiger partial charge in [0.25, 0.3) is 0 Å². The number of benzene rings is 1. The number of ether oxygens (including phenoxy) is 1. The van der Waals surface area contributed by atoms with E-state index in [1.165, 1.54) is 6.42 Å². The van der Waals surface area contributed by atoms with Crippen molar-refractivity contribution in [1.82, 2.24) is 15.0 Å². The summed E-state index contributed by atoms with van der Waals surface area (Å²) in [5, 5.41) is 11.4. The van der Waals surface area contributed by atoms with Gasteiger partial charge >= 0.3 is 0 Å². The number of aliphatic hydroxyl groups excluding tert-OH is 1. The Labute approximate surface area is 220 Å². The lowest BCUT2D eigenvalue weighted by molar-refractivity contribution is 0.0700. The van der Waals surface area contributed by atoms with Crippen LogP contribution < -0.4 is 9.64 Å². The second kappa shape index (κ2) is 10.7. The lowest BCUT2D eigenvalue weighted by Crippen LogP contribution is -2.34. The van der Waals surface area contributed by atoms with Gasteiger partial charge < -0.3 is 14.7 Å². The van der Waals surface area contributed by atoms with Crippen LogP contribution in [0.4, 0.5) is 10.2 Å². The molecular formula is C29H31FN4O2S. The number of fused-ring (bicyclic) bond motifs is 1. The van der Waals surface area contributed by atoms with Crippen LogP contribution in [0.5, 0.6) is 11.5 Å². The Hall–Kier alpha value is -3.10. The molecule has 37 heavy (non-hydrogen) atoms. The molecule has 0 bridgehead atoms. The summed E-state index contributed by atoms with van der Waals surface area (Å²) in [4.78, 5) is 16.0. The molecule has 0 amide bonds. The monoisotopic (exact) mass is 518 g/mol. The number of aliphatic hydroxyl groups is 1. The van der Waals surface area contributed by atoms with Crippen LogP contribution in [-0.4, -0.2) is 45.4 Å². The van der Waals surface area contributed by atoms with E-state index in [0.29, 0.717) is 37.6 Å². The lowest BCUT2D eigenvalue weighted by Gasteiger charge is -2.29. The molecule has 1 N–H and O–H groups in total. The van der Waals surface area contributed by atoms with Crippen molar-refractivity contribution < 1.29 is 14.2 Å². The summed E-state index contributed by atoms with van der Waals surface area (Å²) in [7, 11) is 0. The van der Waals surface area contributed by atoms with E-state index in [4.69, 9.17) is 9.72 Å². The predicted molar refractivity (Wildman–Crippen MR) is 145 cm³/mol. The van der Waals surface area contributed by atoms with E-state index in [-0.39, 0.29) is 6.10 Å². The number of hydrogen-bond acceptors (Lipinski definition) is 7. The van der Waals surface area contributed by atoms with Crippen LogP contribution >= 0.6 is 11.3 Å². The molecule has 1 aromatic carbocycles. The van der Waals surface area contributed by atoms with Gasteiger partial charge in [0.15, 0.2) is 0 Å². The van der Waals surface area contributed by atoms with E-state index in [1.807, 2.05) is 48.7 Å². The van der Waals surface area contributed by atoms with Crippen LogP contribution in [0.15, 0.2) is 54.9 Å². The fourth-order valence-corrected chi connectivity index (χ4v) is 6.41. The molecule has 6 rings (SSSR count). The van der Waals surface area contributed by atoms with E-state index in [1.54, 1.807) is 17.5 Å². The van der Waals surface area contributed by atoms with Gasteiger partial charge in [0, 0.05) is 49.6 Å². The van der Waals surface area contributed by atoms with E-state index < -0.39 is 6.17 Å². The quantitative estimate of drug-likeness (QED) is 0.311. The standard InChI is InChI=1S/C29H31FN4O2S/c30-21-10-13-34(14-11-21)28-8-5-20(18-32-28)25-16-23(9-12-31-25)36-22-6-7-24-27(17-22)37-29(33-24)15-19-3-1-2-4-26(19)35/h5-9,12,16-19,21,26,35H,1-4,10-11,13-15H2/t19-,26+/m0/s1. The highest BCUT2D eigenvalue weighted by Crippen LogP contribution is 2.34. The van der Waals surface area contributed by atoms with Gasteiger partial charge in [-0.2, -0.15) is 0 Å². The number of aromatic nitrogens is 3. The molecule has 4 aromatic rings. The highest BCUT2D eigenvalue weighted by molar-refractivity contribution is 7.18. The van der Waals surface area contributed by atoms with E-state index in [2.05, 4.69) is 14.9 Å². The number of thiazole rings is 1. The molecule has 1 saturated heterocycles. The molecule has 4 heterocycles. The summed E-state index contributed by atoms with van der Waals surface area (Å²) in [6.07, 6.45) is 8.90. The van der Waals surface area contributed by atoms with Gasteiger partial charge in [-0.3, -0.25) is 4.98 Å².